The highest BCUT2D eigenvalue weighted by molar-refractivity contribution is 4.91. The van der Waals surface area contributed by atoms with Crippen molar-refractivity contribution in [2.45, 2.75) is 31.9 Å². The largest absolute Gasteiger partial charge is 0.387 e. The maximum absolute atomic E-state index is 9.75. The van der Waals surface area contributed by atoms with E-state index < -0.39 is 5.60 Å². The molecule has 1 rings (SSSR count). The molecule has 1 aliphatic rings. The molecule has 3 N–H and O–H groups in total. The second-order valence-electron chi connectivity index (χ2n) is 3.74. The van der Waals surface area contributed by atoms with Crippen LogP contribution in [0.15, 0.2) is 0 Å². The lowest BCUT2D eigenvalue weighted by molar-refractivity contribution is 0.0543. The van der Waals surface area contributed by atoms with Gasteiger partial charge in [0.15, 0.2) is 0 Å². The summed E-state index contributed by atoms with van der Waals surface area (Å²) in [4.78, 5) is 2.26. The first-order valence-corrected chi connectivity index (χ1v) is 4.24. The second-order valence-corrected chi connectivity index (χ2v) is 3.74. The van der Waals surface area contributed by atoms with E-state index in [9.17, 15) is 5.11 Å². The van der Waals surface area contributed by atoms with E-state index >= 15 is 0 Å². The van der Waals surface area contributed by atoms with E-state index in [2.05, 4.69) is 18.7 Å². The van der Waals surface area contributed by atoms with Crippen molar-refractivity contribution < 1.29 is 5.11 Å². The average Bonchev–Trinajstić information content (AvgIpc) is 2.33. The average molecular weight is 158 g/mol. The quantitative estimate of drug-likeness (QED) is 0.584. The van der Waals surface area contributed by atoms with Gasteiger partial charge in [0.1, 0.15) is 0 Å². The molecule has 0 aliphatic carbocycles. The molecule has 1 atom stereocenters. The van der Waals surface area contributed by atoms with Gasteiger partial charge >= 0.3 is 0 Å². The molecule has 3 heteroatoms. The zero-order chi connectivity index (χ0) is 8.48. The minimum Gasteiger partial charge on any atom is -0.387 e. The van der Waals surface area contributed by atoms with Crippen molar-refractivity contribution in [2.24, 2.45) is 5.73 Å². The molecule has 0 aromatic rings. The molecular weight excluding hydrogens is 140 g/mol. The summed E-state index contributed by atoms with van der Waals surface area (Å²) < 4.78 is 0. The Morgan fingerprint density at radius 2 is 2.27 bits per heavy atom. The van der Waals surface area contributed by atoms with E-state index in [4.69, 9.17) is 5.73 Å². The first-order valence-electron chi connectivity index (χ1n) is 4.24. The highest BCUT2D eigenvalue weighted by Crippen LogP contribution is 2.21. The van der Waals surface area contributed by atoms with Crippen molar-refractivity contribution in [3.8, 4) is 0 Å². The molecule has 3 nitrogen and oxygen atoms in total. The Kier molecular flexibility index (Phi) is 2.52. The van der Waals surface area contributed by atoms with Gasteiger partial charge in [-0.1, -0.05) is 0 Å². The van der Waals surface area contributed by atoms with Crippen molar-refractivity contribution in [3.63, 3.8) is 0 Å². The van der Waals surface area contributed by atoms with Gasteiger partial charge in [0.25, 0.3) is 0 Å². The van der Waals surface area contributed by atoms with E-state index in [1.165, 1.54) is 0 Å². The van der Waals surface area contributed by atoms with Crippen LogP contribution in [0.4, 0.5) is 0 Å². The van der Waals surface area contributed by atoms with Crippen LogP contribution >= 0.6 is 0 Å². The Balaban J connectivity index is 2.46. The van der Waals surface area contributed by atoms with Crippen LogP contribution in [0.1, 0.15) is 20.3 Å². The molecular formula is C8H18N2O. The van der Waals surface area contributed by atoms with Crippen LogP contribution in [-0.4, -0.2) is 41.3 Å². The molecule has 1 fully saturated rings. The van der Waals surface area contributed by atoms with Gasteiger partial charge < -0.3 is 10.8 Å². The van der Waals surface area contributed by atoms with Gasteiger partial charge in [0.2, 0.25) is 0 Å². The fraction of sp³-hybridized carbons (Fsp3) is 1.00. The summed E-state index contributed by atoms with van der Waals surface area (Å²) in [5.41, 5.74) is 4.85. The maximum atomic E-state index is 9.75. The molecule has 1 aliphatic heterocycles. The Hall–Kier alpha value is -0.120. The second kappa shape index (κ2) is 3.09. The number of likely N-dealkylation sites (tertiary alicyclic amines) is 1. The fourth-order valence-corrected chi connectivity index (χ4v) is 1.50. The third-order valence-corrected chi connectivity index (χ3v) is 2.47. The topological polar surface area (TPSA) is 49.5 Å². The van der Waals surface area contributed by atoms with Crippen molar-refractivity contribution in [1.29, 1.82) is 0 Å². The van der Waals surface area contributed by atoms with E-state index in [0.29, 0.717) is 12.6 Å². The van der Waals surface area contributed by atoms with Crippen molar-refractivity contribution in [2.75, 3.05) is 19.6 Å². The van der Waals surface area contributed by atoms with Crippen molar-refractivity contribution in [3.05, 3.63) is 0 Å². The van der Waals surface area contributed by atoms with E-state index in [1.54, 1.807) is 0 Å². The fourth-order valence-electron chi connectivity index (χ4n) is 1.50. The number of hydrogen-bond donors (Lipinski definition) is 2. The third-order valence-electron chi connectivity index (χ3n) is 2.47. The zero-order valence-electron chi connectivity index (χ0n) is 7.38. The van der Waals surface area contributed by atoms with Gasteiger partial charge in [-0.2, -0.15) is 0 Å². The predicted molar refractivity (Wildman–Crippen MR) is 45.3 cm³/mol. The summed E-state index contributed by atoms with van der Waals surface area (Å²) in [5.74, 6) is 0. The van der Waals surface area contributed by atoms with Gasteiger partial charge in [-0.05, 0) is 20.3 Å². The van der Waals surface area contributed by atoms with Crippen molar-refractivity contribution >= 4 is 0 Å². The Morgan fingerprint density at radius 3 is 2.55 bits per heavy atom. The molecule has 1 heterocycles. The molecule has 0 aromatic heterocycles. The van der Waals surface area contributed by atoms with Gasteiger partial charge in [-0.15, -0.1) is 0 Å². The molecule has 1 unspecified atom stereocenters. The SMILES string of the molecule is CC(C)N1CCC(O)(CN)C1. The third kappa shape index (κ3) is 1.92. The number of β-amino-alcohol motifs (C(OH)–C–C–N with tert-alkyl or cyclic N) is 1. The summed E-state index contributed by atoms with van der Waals surface area (Å²) in [5, 5.41) is 9.75. The number of hydrogen-bond acceptors (Lipinski definition) is 3. The maximum Gasteiger partial charge on any atom is 0.0907 e. The first-order chi connectivity index (χ1) is 5.07. The van der Waals surface area contributed by atoms with Crippen LogP contribution in [0.3, 0.4) is 0 Å². The van der Waals surface area contributed by atoms with E-state index in [1.807, 2.05) is 0 Å². The monoisotopic (exact) mass is 158 g/mol. The van der Waals surface area contributed by atoms with Crippen LogP contribution in [0.2, 0.25) is 0 Å². The number of aliphatic hydroxyl groups is 1. The Morgan fingerprint density at radius 1 is 1.64 bits per heavy atom. The smallest absolute Gasteiger partial charge is 0.0907 e. The minimum absolute atomic E-state index is 0.385. The van der Waals surface area contributed by atoms with Gasteiger partial charge in [-0.25, -0.2) is 0 Å². The summed E-state index contributed by atoms with van der Waals surface area (Å²) in [6.07, 6.45) is 0.821. The molecule has 66 valence electrons. The Bertz CT molecular complexity index is 138. The van der Waals surface area contributed by atoms with Crippen LogP contribution < -0.4 is 5.73 Å². The van der Waals surface area contributed by atoms with Gasteiger partial charge in [0, 0.05) is 25.7 Å². The summed E-state index contributed by atoms with van der Waals surface area (Å²) in [7, 11) is 0. The molecule has 0 aromatic carbocycles. The summed E-state index contributed by atoms with van der Waals surface area (Å²) in [6, 6.07) is 0.524. The predicted octanol–water partition coefficient (Wildman–Crippen LogP) is -0.210. The van der Waals surface area contributed by atoms with Crippen LogP contribution in [0.25, 0.3) is 0 Å². The molecule has 0 bridgehead atoms. The highest BCUT2D eigenvalue weighted by Gasteiger charge is 2.35. The van der Waals surface area contributed by atoms with Crippen LogP contribution in [0, 0.1) is 0 Å². The molecule has 0 saturated carbocycles. The highest BCUT2D eigenvalue weighted by atomic mass is 16.3. The van der Waals surface area contributed by atoms with Crippen LogP contribution in [0.5, 0.6) is 0 Å². The lowest BCUT2D eigenvalue weighted by Gasteiger charge is -2.23. The first kappa shape index (κ1) is 8.97. The standard InChI is InChI=1S/C8H18N2O/c1-7(2)10-4-3-8(11,5-9)6-10/h7,11H,3-6,9H2,1-2H3. The normalized spacial score (nSPS) is 33.5. The number of nitrogens with two attached hydrogens (primary N) is 1. The Labute approximate surface area is 68.2 Å². The van der Waals surface area contributed by atoms with Crippen molar-refractivity contribution in [1.82, 2.24) is 4.90 Å². The summed E-state index contributed by atoms with van der Waals surface area (Å²) in [6.45, 7) is 6.38. The van der Waals surface area contributed by atoms with Gasteiger partial charge in [0.05, 0.1) is 5.60 Å². The number of nitrogens with zero attached hydrogens (tertiary/aromatic N) is 1. The number of rotatable bonds is 2. The van der Waals surface area contributed by atoms with Gasteiger partial charge in [-0.3, -0.25) is 4.90 Å². The molecule has 11 heavy (non-hydrogen) atoms. The molecule has 0 amide bonds. The lowest BCUT2D eigenvalue weighted by atomic mass is 10.0. The summed E-state index contributed by atoms with van der Waals surface area (Å²) >= 11 is 0. The van der Waals surface area contributed by atoms with E-state index in [0.717, 1.165) is 19.5 Å². The molecule has 1 saturated heterocycles. The molecule has 0 spiro atoms. The van der Waals surface area contributed by atoms with E-state index in [-0.39, 0.29) is 0 Å². The minimum atomic E-state index is -0.607. The van der Waals surface area contributed by atoms with Crippen LogP contribution in [-0.2, 0) is 0 Å². The molecule has 0 radical (unpaired) electrons. The zero-order valence-corrected chi connectivity index (χ0v) is 7.38. The lowest BCUT2D eigenvalue weighted by Crippen LogP contribution is -2.41.